The maximum atomic E-state index is 13.3. The predicted octanol–water partition coefficient (Wildman–Crippen LogP) is 2.22. The van der Waals surface area contributed by atoms with E-state index in [1.807, 2.05) is 33.8 Å². The molecule has 10 heteroatoms. The summed E-state index contributed by atoms with van der Waals surface area (Å²) < 4.78 is 12.2. The number of nitrogens with one attached hydrogen (secondary N) is 1. The number of aromatic amines is 1. The van der Waals surface area contributed by atoms with Gasteiger partial charge < -0.3 is 20.1 Å². The van der Waals surface area contributed by atoms with Crippen molar-refractivity contribution in [2.45, 2.75) is 53.0 Å². The third-order valence-corrected chi connectivity index (χ3v) is 6.10. The van der Waals surface area contributed by atoms with E-state index in [0.717, 1.165) is 11.1 Å². The molecule has 1 unspecified atom stereocenters. The van der Waals surface area contributed by atoms with Crippen molar-refractivity contribution < 1.29 is 19.1 Å². The van der Waals surface area contributed by atoms with Crippen molar-refractivity contribution in [3.63, 3.8) is 0 Å². The Hall–Kier alpha value is -3.40. The maximum Gasteiger partial charge on any atom is 0.330 e. The predicted molar refractivity (Wildman–Crippen MR) is 133 cm³/mol. The molecule has 1 amide bonds. The van der Waals surface area contributed by atoms with Gasteiger partial charge in [-0.15, -0.1) is 0 Å². The van der Waals surface area contributed by atoms with Crippen molar-refractivity contribution in [1.82, 2.24) is 9.55 Å². The molecule has 0 spiro atoms. The average Bonchev–Trinajstić information content (AvgIpc) is 3.09. The molecule has 0 saturated heterocycles. The number of hydrogen-bond acceptors (Lipinski definition) is 7. The second kappa shape index (κ2) is 10.9. The van der Waals surface area contributed by atoms with Crippen LogP contribution in [0.5, 0.6) is 5.75 Å². The molecule has 35 heavy (non-hydrogen) atoms. The number of aromatic nitrogens is 2. The van der Waals surface area contributed by atoms with Gasteiger partial charge in [0.15, 0.2) is 18.1 Å². The lowest BCUT2D eigenvalue weighted by molar-refractivity contribution is -0.120. The first kappa shape index (κ1) is 26.2. The molecule has 1 atom stereocenters. The fraction of sp³-hybridized carbons (Fsp3) is 0.520. The molecule has 0 bridgehead atoms. The largest absolute Gasteiger partial charge is 0.483 e. The summed E-state index contributed by atoms with van der Waals surface area (Å²) in [5.74, 6) is -0.117. The van der Waals surface area contributed by atoms with Gasteiger partial charge in [-0.3, -0.25) is 23.9 Å². The van der Waals surface area contributed by atoms with E-state index in [1.54, 1.807) is 6.07 Å². The van der Waals surface area contributed by atoms with Gasteiger partial charge in [-0.05, 0) is 42.4 Å². The molecule has 1 aromatic carbocycles. The molecule has 1 heterocycles. The highest BCUT2D eigenvalue weighted by Crippen LogP contribution is 2.40. The van der Waals surface area contributed by atoms with E-state index in [0.29, 0.717) is 30.8 Å². The molecule has 2 aromatic rings. The van der Waals surface area contributed by atoms with E-state index in [4.69, 9.17) is 15.2 Å². The molecule has 3 rings (SSSR count). The van der Waals surface area contributed by atoms with Crippen LogP contribution in [0.3, 0.4) is 0 Å². The molecule has 0 radical (unpaired) electrons. The number of benzene rings is 1. The first-order valence-electron chi connectivity index (χ1n) is 11.8. The summed E-state index contributed by atoms with van der Waals surface area (Å²) in [5.41, 5.74) is 7.21. The van der Waals surface area contributed by atoms with Crippen molar-refractivity contribution >= 4 is 23.2 Å². The first-order valence-corrected chi connectivity index (χ1v) is 11.8. The minimum atomic E-state index is -0.751. The van der Waals surface area contributed by atoms with Gasteiger partial charge in [-0.25, -0.2) is 4.79 Å². The lowest BCUT2D eigenvalue weighted by Gasteiger charge is -2.25. The summed E-state index contributed by atoms with van der Waals surface area (Å²) >= 11 is 0. The number of ether oxygens (including phenoxy) is 2. The number of nitrogen functional groups attached to an aromatic ring is 1. The SMILES string of the molecule is COCCCN(C(=O)COc1ccc(C)c2c1C(=O)CC2C)c1c(N)n(CC(C)C)c(=O)[nH]c1=O. The number of fused-ring (bicyclic) bond motifs is 1. The monoisotopic (exact) mass is 486 g/mol. The van der Waals surface area contributed by atoms with Crippen LogP contribution < -0.4 is 26.6 Å². The number of methoxy groups -OCH3 is 1. The van der Waals surface area contributed by atoms with Crippen molar-refractivity contribution in [2.75, 3.05) is 37.5 Å². The van der Waals surface area contributed by atoms with Gasteiger partial charge in [0.1, 0.15) is 11.6 Å². The fourth-order valence-corrected chi connectivity index (χ4v) is 4.56. The summed E-state index contributed by atoms with van der Waals surface area (Å²) in [5, 5.41) is 0. The van der Waals surface area contributed by atoms with Gasteiger partial charge in [0, 0.05) is 33.2 Å². The number of carbonyl (C=O) groups is 2. The van der Waals surface area contributed by atoms with Gasteiger partial charge in [-0.2, -0.15) is 0 Å². The quantitative estimate of drug-likeness (QED) is 0.491. The first-order chi connectivity index (χ1) is 16.6. The molecule has 0 aliphatic heterocycles. The number of carbonyl (C=O) groups excluding carboxylic acids is 2. The molecule has 3 N–H and O–H groups in total. The topological polar surface area (TPSA) is 137 Å². The number of aryl methyl sites for hydroxylation is 1. The molecule has 1 aliphatic rings. The van der Waals surface area contributed by atoms with Crippen LogP contribution in [-0.4, -0.2) is 48.1 Å². The standard InChI is InChI=1S/C25H34N4O6/c1-14(2)12-29-23(26)22(24(32)27-25(29)33)28(9-6-10-34-5)19(31)13-35-18-8-7-15(3)20-16(4)11-17(30)21(18)20/h7-8,14,16H,6,9-13,26H2,1-5H3,(H,27,32,33). The number of nitrogens with zero attached hydrogens (tertiary/aromatic N) is 2. The Labute approximate surface area is 204 Å². The van der Waals surface area contributed by atoms with Crippen LogP contribution in [-0.2, 0) is 16.1 Å². The van der Waals surface area contributed by atoms with E-state index < -0.39 is 23.8 Å². The number of amides is 1. The molecule has 10 nitrogen and oxygen atoms in total. The number of Topliss-reactive ketones (excluding diaryl/α,β-unsaturated/α-hetero) is 1. The Morgan fingerprint density at radius 1 is 1.29 bits per heavy atom. The fourth-order valence-electron chi connectivity index (χ4n) is 4.56. The highest BCUT2D eigenvalue weighted by Gasteiger charge is 2.32. The van der Waals surface area contributed by atoms with Crippen LogP contribution in [0.25, 0.3) is 0 Å². The lowest BCUT2D eigenvalue weighted by atomic mass is 9.97. The third-order valence-electron chi connectivity index (χ3n) is 6.10. The lowest BCUT2D eigenvalue weighted by Crippen LogP contribution is -2.43. The Balaban J connectivity index is 1.94. The summed E-state index contributed by atoms with van der Waals surface area (Å²) in [6, 6.07) is 3.56. The number of anilines is 2. The van der Waals surface area contributed by atoms with Gasteiger partial charge in [0.05, 0.1) is 5.56 Å². The second-order valence-corrected chi connectivity index (χ2v) is 9.38. The number of hydrogen-bond donors (Lipinski definition) is 2. The minimum Gasteiger partial charge on any atom is -0.483 e. The molecular formula is C25H34N4O6. The van der Waals surface area contributed by atoms with Crippen LogP contribution in [0.15, 0.2) is 21.7 Å². The van der Waals surface area contributed by atoms with Crippen LogP contribution in [0, 0.1) is 12.8 Å². The third kappa shape index (κ3) is 5.48. The van der Waals surface area contributed by atoms with E-state index in [2.05, 4.69) is 4.98 Å². The average molecular weight is 487 g/mol. The molecule has 1 aromatic heterocycles. The van der Waals surface area contributed by atoms with Crippen molar-refractivity contribution in [3.05, 3.63) is 49.7 Å². The van der Waals surface area contributed by atoms with E-state index in [1.165, 1.54) is 16.6 Å². The Morgan fingerprint density at radius 3 is 2.66 bits per heavy atom. The van der Waals surface area contributed by atoms with Gasteiger partial charge in [-0.1, -0.05) is 26.8 Å². The number of rotatable bonds is 10. The summed E-state index contributed by atoms with van der Waals surface area (Å²) in [6.45, 7) is 8.11. The van der Waals surface area contributed by atoms with Gasteiger partial charge in [0.2, 0.25) is 0 Å². The van der Waals surface area contributed by atoms with E-state index >= 15 is 0 Å². The smallest absolute Gasteiger partial charge is 0.330 e. The number of ketones is 1. The molecule has 0 fully saturated rings. The zero-order chi connectivity index (χ0) is 25.9. The molecule has 0 saturated carbocycles. The number of nitrogens with two attached hydrogens (primary N) is 1. The maximum absolute atomic E-state index is 13.3. The molecular weight excluding hydrogens is 452 g/mol. The van der Waals surface area contributed by atoms with Gasteiger partial charge in [0.25, 0.3) is 11.5 Å². The Kier molecular flexibility index (Phi) is 8.16. The second-order valence-electron chi connectivity index (χ2n) is 9.38. The number of H-pyrrole nitrogens is 1. The minimum absolute atomic E-state index is 0.0166. The Morgan fingerprint density at radius 2 is 2.00 bits per heavy atom. The van der Waals surface area contributed by atoms with Crippen molar-refractivity contribution in [2.24, 2.45) is 5.92 Å². The van der Waals surface area contributed by atoms with Crippen molar-refractivity contribution in [3.8, 4) is 5.75 Å². The molecule has 1 aliphatic carbocycles. The van der Waals surface area contributed by atoms with E-state index in [9.17, 15) is 19.2 Å². The van der Waals surface area contributed by atoms with Crippen LogP contribution in [0.2, 0.25) is 0 Å². The van der Waals surface area contributed by atoms with Crippen molar-refractivity contribution in [1.29, 1.82) is 0 Å². The normalized spacial score (nSPS) is 14.9. The molecule has 190 valence electrons. The highest BCUT2D eigenvalue weighted by atomic mass is 16.5. The van der Waals surface area contributed by atoms with Gasteiger partial charge >= 0.3 is 5.69 Å². The summed E-state index contributed by atoms with van der Waals surface area (Å²) in [4.78, 5) is 54.5. The zero-order valence-electron chi connectivity index (χ0n) is 21.0. The zero-order valence-corrected chi connectivity index (χ0v) is 21.0. The highest BCUT2D eigenvalue weighted by molar-refractivity contribution is 6.04. The van der Waals surface area contributed by atoms with Crippen LogP contribution in [0.1, 0.15) is 61.0 Å². The van der Waals surface area contributed by atoms with Crippen LogP contribution >= 0.6 is 0 Å². The Bertz CT molecular complexity index is 1230. The van der Waals surface area contributed by atoms with E-state index in [-0.39, 0.29) is 42.2 Å². The summed E-state index contributed by atoms with van der Waals surface area (Å²) in [7, 11) is 1.54. The summed E-state index contributed by atoms with van der Waals surface area (Å²) in [6.07, 6.45) is 0.831. The van der Waals surface area contributed by atoms with Crippen LogP contribution in [0.4, 0.5) is 11.5 Å².